The number of nitrogens with zero attached hydrogens (tertiary/aromatic N) is 2. The molecule has 2 saturated heterocycles. The van der Waals surface area contributed by atoms with Gasteiger partial charge in [0.05, 0.1) is 12.0 Å². The number of likely N-dealkylation sites (tertiary alicyclic amines) is 2. The van der Waals surface area contributed by atoms with Crippen molar-refractivity contribution in [3.8, 4) is 0 Å². The smallest absolute Gasteiger partial charge is 0.227 e. The van der Waals surface area contributed by atoms with Gasteiger partial charge in [-0.25, -0.2) is 0 Å². The lowest BCUT2D eigenvalue weighted by Gasteiger charge is -2.33. The van der Waals surface area contributed by atoms with Gasteiger partial charge in [0.15, 0.2) is 0 Å². The molecule has 2 N–H and O–H groups in total. The zero-order chi connectivity index (χ0) is 18.4. The fourth-order valence-electron chi connectivity index (χ4n) is 3.73. The maximum atomic E-state index is 12.8. The van der Waals surface area contributed by atoms with Crippen LogP contribution < -0.4 is 5.73 Å². The van der Waals surface area contributed by atoms with E-state index >= 15 is 0 Å². The quantitative estimate of drug-likeness (QED) is 0.714. The van der Waals surface area contributed by atoms with Crippen LogP contribution in [0.1, 0.15) is 31.2 Å². The first-order chi connectivity index (χ1) is 12.7. The maximum Gasteiger partial charge on any atom is 0.227 e. The number of rotatable bonds is 7. The molecule has 2 fully saturated rings. The number of hydrogen-bond acceptors (Lipinski definition) is 4. The maximum absolute atomic E-state index is 12.8. The van der Waals surface area contributed by atoms with E-state index < -0.39 is 0 Å². The van der Waals surface area contributed by atoms with Crippen LogP contribution in [-0.4, -0.2) is 60.5 Å². The highest BCUT2D eigenvalue weighted by atomic mass is 35.5. The van der Waals surface area contributed by atoms with Gasteiger partial charge in [-0.05, 0) is 31.4 Å². The first-order valence-corrected chi connectivity index (χ1v) is 9.59. The molecule has 0 radical (unpaired) electrons. The lowest BCUT2D eigenvalue weighted by atomic mass is 10.0. The number of hydrogen-bond donors (Lipinski definition) is 1. The van der Waals surface area contributed by atoms with Crippen LogP contribution in [0.15, 0.2) is 30.3 Å². The molecular weight excluding hydrogens is 366 g/mol. The molecule has 0 spiro atoms. The second-order valence-electron chi connectivity index (χ2n) is 7.20. The standard InChI is InChI=1S/C20H29N3O3.ClH/c21-9-4-12-26-18-7-10-22(11-8-18)20(25)17-13-19(24)23(15-17)14-16-5-2-1-3-6-16;/h1-3,5-6,17-18H,4,7-15,21H2;1H. The number of halogens is 1. The van der Waals surface area contributed by atoms with Gasteiger partial charge < -0.3 is 20.3 Å². The van der Waals surface area contributed by atoms with Gasteiger partial charge in [-0.15, -0.1) is 12.4 Å². The van der Waals surface area contributed by atoms with Crippen molar-refractivity contribution in [2.75, 3.05) is 32.8 Å². The Hall–Kier alpha value is -1.63. The second kappa shape index (κ2) is 10.6. The van der Waals surface area contributed by atoms with E-state index in [1.165, 1.54) is 0 Å². The van der Waals surface area contributed by atoms with Crippen molar-refractivity contribution in [2.24, 2.45) is 11.7 Å². The van der Waals surface area contributed by atoms with Gasteiger partial charge in [-0.1, -0.05) is 30.3 Å². The number of amides is 2. The summed E-state index contributed by atoms with van der Waals surface area (Å²) < 4.78 is 5.80. The van der Waals surface area contributed by atoms with E-state index in [4.69, 9.17) is 10.5 Å². The predicted octanol–water partition coefficient (Wildman–Crippen LogP) is 1.81. The van der Waals surface area contributed by atoms with Crippen molar-refractivity contribution in [2.45, 2.75) is 38.3 Å². The summed E-state index contributed by atoms with van der Waals surface area (Å²) in [5.74, 6) is -0.0116. The molecule has 150 valence electrons. The van der Waals surface area contributed by atoms with Crippen LogP contribution in [0.5, 0.6) is 0 Å². The summed E-state index contributed by atoms with van der Waals surface area (Å²) in [5.41, 5.74) is 6.58. The SMILES string of the molecule is Cl.NCCCOC1CCN(C(=O)C2CC(=O)N(Cc3ccccc3)C2)CC1. The van der Waals surface area contributed by atoms with Gasteiger partial charge in [0, 0.05) is 39.2 Å². The van der Waals surface area contributed by atoms with E-state index in [1.807, 2.05) is 35.2 Å². The molecule has 2 aliphatic heterocycles. The van der Waals surface area contributed by atoms with Crippen LogP contribution in [0.3, 0.4) is 0 Å². The van der Waals surface area contributed by atoms with Crippen molar-refractivity contribution in [1.82, 2.24) is 9.80 Å². The average Bonchev–Trinajstić information content (AvgIpc) is 3.03. The minimum Gasteiger partial charge on any atom is -0.378 e. The van der Waals surface area contributed by atoms with Crippen molar-refractivity contribution in [3.05, 3.63) is 35.9 Å². The second-order valence-corrected chi connectivity index (χ2v) is 7.20. The monoisotopic (exact) mass is 395 g/mol. The Kier molecular flexibility index (Phi) is 8.54. The predicted molar refractivity (Wildman–Crippen MR) is 106 cm³/mol. The van der Waals surface area contributed by atoms with E-state index in [2.05, 4.69) is 0 Å². The van der Waals surface area contributed by atoms with Gasteiger partial charge in [0.2, 0.25) is 11.8 Å². The van der Waals surface area contributed by atoms with Crippen LogP contribution >= 0.6 is 12.4 Å². The molecule has 1 unspecified atom stereocenters. The summed E-state index contributed by atoms with van der Waals surface area (Å²) in [5, 5.41) is 0. The third-order valence-electron chi connectivity index (χ3n) is 5.24. The van der Waals surface area contributed by atoms with Gasteiger partial charge in [-0.2, -0.15) is 0 Å². The fourth-order valence-corrected chi connectivity index (χ4v) is 3.73. The molecule has 0 saturated carbocycles. The van der Waals surface area contributed by atoms with Gasteiger partial charge >= 0.3 is 0 Å². The van der Waals surface area contributed by atoms with Crippen LogP contribution in [0.25, 0.3) is 0 Å². The summed E-state index contributed by atoms with van der Waals surface area (Å²) in [4.78, 5) is 28.8. The first kappa shape index (κ1) is 21.7. The van der Waals surface area contributed by atoms with Crippen LogP contribution in [-0.2, 0) is 20.9 Å². The van der Waals surface area contributed by atoms with Crippen LogP contribution in [0.4, 0.5) is 0 Å². The molecule has 0 bridgehead atoms. The largest absolute Gasteiger partial charge is 0.378 e. The molecule has 1 aromatic rings. The Labute approximate surface area is 167 Å². The first-order valence-electron chi connectivity index (χ1n) is 9.59. The highest BCUT2D eigenvalue weighted by Gasteiger charge is 2.37. The van der Waals surface area contributed by atoms with Crippen molar-refractivity contribution in [1.29, 1.82) is 0 Å². The van der Waals surface area contributed by atoms with Crippen LogP contribution in [0.2, 0.25) is 0 Å². The normalized spacial score (nSPS) is 20.6. The Morgan fingerprint density at radius 3 is 2.56 bits per heavy atom. The van der Waals surface area contributed by atoms with Crippen molar-refractivity contribution in [3.63, 3.8) is 0 Å². The van der Waals surface area contributed by atoms with Gasteiger partial charge in [0.1, 0.15) is 0 Å². The number of ether oxygens (including phenoxy) is 1. The van der Waals surface area contributed by atoms with E-state index in [0.29, 0.717) is 32.7 Å². The molecule has 2 amide bonds. The molecule has 2 heterocycles. The fraction of sp³-hybridized carbons (Fsp3) is 0.600. The zero-order valence-corrected chi connectivity index (χ0v) is 16.5. The summed E-state index contributed by atoms with van der Waals surface area (Å²) >= 11 is 0. The van der Waals surface area contributed by atoms with Crippen molar-refractivity contribution >= 4 is 24.2 Å². The van der Waals surface area contributed by atoms with E-state index in [-0.39, 0.29) is 36.2 Å². The van der Waals surface area contributed by atoms with Gasteiger partial charge in [-0.3, -0.25) is 9.59 Å². The lowest BCUT2D eigenvalue weighted by molar-refractivity contribution is -0.138. The Bertz CT molecular complexity index is 606. The molecule has 1 aromatic carbocycles. The average molecular weight is 396 g/mol. The molecule has 0 aliphatic carbocycles. The summed E-state index contributed by atoms with van der Waals surface area (Å²) in [6.45, 7) is 3.89. The molecule has 2 aliphatic rings. The zero-order valence-electron chi connectivity index (χ0n) is 15.7. The minimum absolute atomic E-state index is 0. The molecule has 7 heteroatoms. The third kappa shape index (κ3) is 5.92. The topological polar surface area (TPSA) is 75.9 Å². The van der Waals surface area contributed by atoms with E-state index in [1.54, 1.807) is 4.90 Å². The van der Waals surface area contributed by atoms with E-state index in [9.17, 15) is 9.59 Å². The molecule has 6 nitrogen and oxygen atoms in total. The molecule has 27 heavy (non-hydrogen) atoms. The Morgan fingerprint density at radius 2 is 1.89 bits per heavy atom. The van der Waals surface area contributed by atoms with E-state index in [0.717, 1.165) is 37.9 Å². The minimum atomic E-state index is -0.207. The third-order valence-corrected chi connectivity index (χ3v) is 5.24. The molecule has 1 atom stereocenters. The summed E-state index contributed by atoms with van der Waals surface area (Å²) in [6, 6.07) is 9.93. The molecule has 3 rings (SSSR count). The summed E-state index contributed by atoms with van der Waals surface area (Å²) in [7, 11) is 0. The van der Waals surface area contributed by atoms with Gasteiger partial charge in [0.25, 0.3) is 0 Å². The number of piperidine rings is 1. The summed E-state index contributed by atoms with van der Waals surface area (Å²) in [6.07, 6.45) is 3.17. The lowest BCUT2D eigenvalue weighted by Crippen LogP contribution is -2.44. The van der Waals surface area contributed by atoms with Crippen molar-refractivity contribution < 1.29 is 14.3 Å². The highest BCUT2D eigenvalue weighted by Crippen LogP contribution is 2.24. The number of benzene rings is 1. The number of nitrogens with two attached hydrogens (primary N) is 1. The highest BCUT2D eigenvalue weighted by molar-refractivity contribution is 5.89. The molecular formula is C20H30ClN3O3. The molecule has 0 aromatic heterocycles. The number of carbonyl (C=O) groups is 2. The van der Waals surface area contributed by atoms with Crippen LogP contribution in [0, 0.1) is 5.92 Å². The Morgan fingerprint density at radius 1 is 1.19 bits per heavy atom. The Balaban J connectivity index is 0.00000261. The number of carbonyl (C=O) groups excluding carboxylic acids is 2.